The van der Waals surface area contributed by atoms with Gasteiger partial charge in [0, 0.05) is 0 Å². The highest BCUT2D eigenvalue weighted by Crippen LogP contribution is 2.33. The molecule has 7 nitrogen and oxygen atoms in total. The van der Waals surface area contributed by atoms with Crippen LogP contribution in [0.2, 0.25) is 0 Å². The third-order valence-electron chi connectivity index (χ3n) is 4.93. The molecule has 0 bridgehead atoms. The highest BCUT2D eigenvalue weighted by atomic mass is 16.5. The maximum absolute atomic E-state index is 11.7. The van der Waals surface area contributed by atoms with E-state index in [0.717, 1.165) is 11.3 Å². The number of nitrogens with zero attached hydrogens (tertiary/aromatic N) is 2. The van der Waals surface area contributed by atoms with Gasteiger partial charge in [0.2, 0.25) is 0 Å². The van der Waals surface area contributed by atoms with Crippen LogP contribution < -0.4 is 9.47 Å². The summed E-state index contributed by atoms with van der Waals surface area (Å²) in [5, 5.41) is 18.2. The average Bonchev–Trinajstić information content (AvgIpc) is 2.85. The second kappa shape index (κ2) is 11.5. The first-order chi connectivity index (χ1) is 16.0. The van der Waals surface area contributed by atoms with E-state index in [0.29, 0.717) is 22.6 Å². The topological polar surface area (TPSA) is 89.7 Å². The molecule has 0 saturated heterocycles. The Kier molecular flexibility index (Phi) is 8.18. The molecule has 0 aliphatic carbocycles. The van der Waals surface area contributed by atoms with E-state index >= 15 is 0 Å². The second-order valence-electron chi connectivity index (χ2n) is 7.16. The van der Waals surface area contributed by atoms with Gasteiger partial charge in [-0.1, -0.05) is 48.5 Å². The second-order valence-corrected chi connectivity index (χ2v) is 7.16. The smallest absolute Gasteiger partial charge is 0.339 e. The Morgan fingerprint density at radius 1 is 1.00 bits per heavy atom. The highest BCUT2D eigenvalue weighted by Gasteiger charge is 2.16. The van der Waals surface area contributed by atoms with Crippen LogP contribution in [0.1, 0.15) is 29.7 Å². The van der Waals surface area contributed by atoms with Crippen molar-refractivity contribution in [3.8, 4) is 11.5 Å². The standard InChI is InChI=1S/C26H26N2O5/c1-18(27-28-21-10-5-4-6-11-21)19-13-14-24(32-3)25(15-19)33-16-20-9-7-8-12-22(20)23(17-31-2)26(29)30/h4-15,17-18H,16H2,1-3H3,(H,29,30). The van der Waals surface area contributed by atoms with E-state index in [1.165, 1.54) is 13.4 Å². The Bertz CT molecular complexity index is 1140. The Morgan fingerprint density at radius 2 is 1.73 bits per heavy atom. The minimum Gasteiger partial charge on any atom is -0.503 e. The minimum atomic E-state index is -1.08. The largest absolute Gasteiger partial charge is 0.503 e. The molecule has 1 unspecified atom stereocenters. The van der Waals surface area contributed by atoms with Crippen LogP contribution in [-0.4, -0.2) is 25.3 Å². The van der Waals surface area contributed by atoms with Crippen LogP contribution in [-0.2, 0) is 16.1 Å². The summed E-state index contributed by atoms with van der Waals surface area (Å²) in [5.74, 6) is 0.00922. The van der Waals surface area contributed by atoms with Gasteiger partial charge < -0.3 is 19.3 Å². The summed E-state index contributed by atoms with van der Waals surface area (Å²) in [5.41, 5.74) is 2.96. The molecule has 0 aliphatic heterocycles. The molecule has 0 aromatic heterocycles. The molecular formula is C26H26N2O5. The van der Waals surface area contributed by atoms with Gasteiger partial charge in [-0.3, -0.25) is 0 Å². The van der Waals surface area contributed by atoms with Crippen molar-refractivity contribution in [1.82, 2.24) is 0 Å². The molecule has 1 atom stereocenters. The summed E-state index contributed by atoms with van der Waals surface area (Å²) < 4.78 is 16.5. The van der Waals surface area contributed by atoms with E-state index in [9.17, 15) is 9.90 Å². The number of carbonyl (C=O) groups is 1. The fraction of sp³-hybridized carbons (Fsp3) is 0.192. The monoisotopic (exact) mass is 446 g/mol. The molecule has 0 saturated carbocycles. The number of carboxylic acids is 1. The summed E-state index contributed by atoms with van der Waals surface area (Å²) in [4.78, 5) is 11.7. The highest BCUT2D eigenvalue weighted by molar-refractivity contribution is 6.15. The SMILES string of the molecule is COC=C(C(=O)O)c1ccccc1COc1cc(C(C)N=Nc2ccccc2)ccc1OC. The van der Waals surface area contributed by atoms with Crippen LogP contribution in [0.15, 0.2) is 89.3 Å². The van der Waals surface area contributed by atoms with E-state index in [1.807, 2.05) is 67.6 Å². The van der Waals surface area contributed by atoms with Crippen LogP contribution in [0, 0.1) is 0 Å². The van der Waals surface area contributed by atoms with Crippen LogP contribution in [0.5, 0.6) is 11.5 Å². The normalized spacial score (nSPS) is 12.4. The fourth-order valence-corrected chi connectivity index (χ4v) is 3.19. The van der Waals surface area contributed by atoms with Gasteiger partial charge in [0.05, 0.1) is 32.2 Å². The van der Waals surface area contributed by atoms with E-state index in [2.05, 4.69) is 10.2 Å². The molecule has 7 heteroatoms. The van der Waals surface area contributed by atoms with Crippen molar-refractivity contribution in [2.75, 3.05) is 14.2 Å². The summed E-state index contributed by atoms with van der Waals surface area (Å²) in [6.07, 6.45) is 1.21. The van der Waals surface area contributed by atoms with E-state index < -0.39 is 5.97 Å². The molecule has 3 aromatic rings. The molecule has 33 heavy (non-hydrogen) atoms. The van der Waals surface area contributed by atoms with E-state index in [4.69, 9.17) is 14.2 Å². The van der Waals surface area contributed by atoms with Crippen molar-refractivity contribution in [1.29, 1.82) is 0 Å². The summed E-state index contributed by atoms with van der Waals surface area (Å²) in [6.45, 7) is 2.09. The van der Waals surface area contributed by atoms with E-state index in [-0.39, 0.29) is 18.2 Å². The van der Waals surface area contributed by atoms with Crippen LogP contribution in [0.4, 0.5) is 5.69 Å². The van der Waals surface area contributed by atoms with Gasteiger partial charge in [-0.2, -0.15) is 10.2 Å². The molecule has 3 rings (SSSR count). The molecule has 0 radical (unpaired) electrons. The molecule has 1 N–H and O–H groups in total. The molecular weight excluding hydrogens is 420 g/mol. The van der Waals surface area contributed by atoms with Crippen molar-refractivity contribution in [3.63, 3.8) is 0 Å². The van der Waals surface area contributed by atoms with Gasteiger partial charge >= 0.3 is 5.97 Å². The quantitative estimate of drug-likeness (QED) is 0.228. The lowest BCUT2D eigenvalue weighted by molar-refractivity contribution is -0.130. The van der Waals surface area contributed by atoms with Gasteiger partial charge in [0.1, 0.15) is 12.2 Å². The van der Waals surface area contributed by atoms with Crippen LogP contribution in [0.25, 0.3) is 5.57 Å². The number of aliphatic carboxylic acids is 1. The lowest BCUT2D eigenvalue weighted by atomic mass is 10.0. The number of hydrogen-bond acceptors (Lipinski definition) is 6. The lowest BCUT2D eigenvalue weighted by Crippen LogP contribution is -2.06. The summed E-state index contributed by atoms with van der Waals surface area (Å²) in [7, 11) is 2.98. The van der Waals surface area contributed by atoms with Crippen molar-refractivity contribution in [3.05, 3.63) is 95.7 Å². The van der Waals surface area contributed by atoms with Crippen LogP contribution in [0.3, 0.4) is 0 Å². The number of methoxy groups -OCH3 is 2. The first kappa shape index (κ1) is 23.5. The van der Waals surface area contributed by atoms with Crippen LogP contribution >= 0.6 is 0 Å². The third-order valence-corrected chi connectivity index (χ3v) is 4.93. The van der Waals surface area contributed by atoms with Gasteiger partial charge in [-0.15, -0.1) is 0 Å². The number of rotatable bonds is 10. The molecule has 0 fully saturated rings. The number of hydrogen-bond donors (Lipinski definition) is 1. The molecule has 170 valence electrons. The zero-order valence-corrected chi connectivity index (χ0v) is 18.8. The summed E-state index contributed by atoms with van der Waals surface area (Å²) >= 11 is 0. The van der Waals surface area contributed by atoms with E-state index in [1.54, 1.807) is 19.2 Å². The van der Waals surface area contributed by atoms with Crippen molar-refractivity contribution in [2.45, 2.75) is 19.6 Å². The lowest BCUT2D eigenvalue weighted by Gasteiger charge is -2.15. The number of benzene rings is 3. The van der Waals surface area contributed by atoms with Crippen molar-refractivity contribution in [2.24, 2.45) is 10.2 Å². The molecule has 0 spiro atoms. The number of carboxylic acid groups (broad SMARTS) is 1. The van der Waals surface area contributed by atoms with Crippen molar-refractivity contribution < 1.29 is 24.1 Å². The van der Waals surface area contributed by atoms with Gasteiger partial charge in [-0.25, -0.2) is 4.79 Å². The maximum atomic E-state index is 11.7. The van der Waals surface area contributed by atoms with Gasteiger partial charge in [-0.05, 0) is 47.9 Å². The minimum absolute atomic E-state index is 0.0485. The van der Waals surface area contributed by atoms with Gasteiger partial charge in [0.25, 0.3) is 0 Å². The zero-order chi connectivity index (χ0) is 23.6. The maximum Gasteiger partial charge on any atom is 0.339 e. The predicted molar refractivity (Wildman–Crippen MR) is 126 cm³/mol. The Labute approximate surface area is 193 Å². The Hall–Kier alpha value is -4.13. The molecule has 3 aromatic carbocycles. The van der Waals surface area contributed by atoms with Crippen molar-refractivity contribution >= 4 is 17.2 Å². The first-order valence-electron chi connectivity index (χ1n) is 10.3. The average molecular weight is 447 g/mol. The fourth-order valence-electron chi connectivity index (χ4n) is 3.19. The first-order valence-corrected chi connectivity index (χ1v) is 10.3. The number of azo groups is 1. The molecule has 0 amide bonds. The summed E-state index contributed by atoms with van der Waals surface area (Å²) in [6, 6.07) is 22.1. The Morgan fingerprint density at radius 3 is 2.42 bits per heavy atom. The molecule has 0 aliphatic rings. The third kappa shape index (κ3) is 6.20. The van der Waals surface area contributed by atoms with Gasteiger partial charge in [0.15, 0.2) is 11.5 Å². The Balaban J connectivity index is 1.83. The number of ether oxygens (including phenoxy) is 3. The zero-order valence-electron chi connectivity index (χ0n) is 18.8. The molecule has 0 heterocycles. The predicted octanol–water partition coefficient (Wildman–Crippen LogP) is 6.19.